The summed E-state index contributed by atoms with van der Waals surface area (Å²) in [7, 11) is 1.44. The van der Waals surface area contributed by atoms with E-state index in [9.17, 15) is 4.79 Å². The molecule has 0 aromatic carbocycles. The van der Waals surface area contributed by atoms with E-state index in [1.165, 1.54) is 20.0 Å². The zero-order chi connectivity index (χ0) is 13.8. The second-order valence-corrected chi connectivity index (χ2v) is 5.22. The summed E-state index contributed by atoms with van der Waals surface area (Å²) in [4.78, 5) is 13.8. The lowest BCUT2D eigenvalue weighted by Gasteiger charge is -2.27. The fourth-order valence-electron chi connectivity index (χ4n) is 2.74. The molecule has 0 spiro atoms. The van der Waals surface area contributed by atoms with Gasteiger partial charge < -0.3 is 9.26 Å². The Balaban J connectivity index is 2.10. The topological polar surface area (TPSA) is 55.6 Å². The molecule has 0 aliphatic heterocycles. The first kappa shape index (κ1) is 14.1. The van der Waals surface area contributed by atoms with Crippen molar-refractivity contribution in [2.75, 3.05) is 13.7 Å². The lowest BCUT2D eigenvalue weighted by atomic mass is 10.1. The van der Waals surface area contributed by atoms with E-state index < -0.39 is 0 Å². The van der Waals surface area contributed by atoms with Gasteiger partial charge in [-0.3, -0.25) is 9.69 Å². The third-order valence-electron chi connectivity index (χ3n) is 3.94. The van der Waals surface area contributed by atoms with E-state index in [4.69, 9.17) is 9.26 Å². The third-order valence-corrected chi connectivity index (χ3v) is 3.94. The van der Waals surface area contributed by atoms with Gasteiger partial charge in [-0.25, -0.2) is 0 Å². The van der Waals surface area contributed by atoms with Crippen molar-refractivity contribution in [3.63, 3.8) is 0 Å². The largest absolute Gasteiger partial charge is 0.468 e. The number of nitrogens with zero attached hydrogens (tertiary/aromatic N) is 2. The van der Waals surface area contributed by atoms with Crippen molar-refractivity contribution in [1.29, 1.82) is 0 Å². The molecule has 106 valence electrons. The van der Waals surface area contributed by atoms with E-state index in [-0.39, 0.29) is 5.97 Å². The van der Waals surface area contributed by atoms with E-state index in [1.807, 2.05) is 13.8 Å². The quantitative estimate of drug-likeness (QED) is 0.765. The lowest BCUT2D eigenvalue weighted by molar-refractivity contribution is -0.142. The van der Waals surface area contributed by atoms with Crippen LogP contribution in [-0.2, 0) is 16.1 Å². The van der Waals surface area contributed by atoms with Gasteiger partial charge >= 0.3 is 5.97 Å². The van der Waals surface area contributed by atoms with Gasteiger partial charge in [-0.2, -0.15) is 0 Å². The Morgan fingerprint density at radius 3 is 2.63 bits per heavy atom. The first-order valence-electron chi connectivity index (χ1n) is 6.84. The monoisotopic (exact) mass is 266 g/mol. The van der Waals surface area contributed by atoms with Crippen molar-refractivity contribution < 1.29 is 14.1 Å². The minimum absolute atomic E-state index is 0.182. The smallest absolute Gasteiger partial charge is 0.319 e. The molecule has 0 saturated heterocycles. The Hall–Kier alpha value is -1.36. The van der Waals surface area contributed by atoms with Crippen LogP contribution in [0.2, 0.25) is 0 Å². The number of esters is 1. The number of aromatic nitrogens is 1. The SMILES string of the molecule is COC(=O)CN(Cc1c(C)noc1C)C1CCCC1. The molecule has 1 fully saturated rings. The van der Waals surface area contributed by atoms with E-state index in [0.717, 1.165) is 29.9 Å². The Kier molecular flexibility index (Phi) is 4.58. The van der Waals surface area contributed by atoms with Crippen molar-refractivity contribution in [3.05, 3.63) is 17.0 Å². The summed E-state index contributed by atoms with van der Waals surface area (Å²) >= 11 is 0. The molecule has 1 aliphatic rings. The van der Waals surface area contributed by atoms with Crippen LogP contribution in [0.15, 0.2) is 4.52 Å². The molecule has 19 heavy (non-hydrogen) atoms. The highest BCUT2D eigenvalue weighted by Crippen LogP contribution is 2.26. The summed E-state index contributed by atoms with van der Waals surface area (Å²) in [6.45, 7) is 4.91. The molecule has 0 atom stereocenters. The maximum absolute atomic E-state index is 11.6. The number of carbonyl (C=O) groups excluding carboxylic acids is 1. The van der Waals surface area contributed by atoms with Crippen LogP contribution in [0.5, 0.6) is 0 Å². The van der Waals surface area contributed by atoms with Crippen LogP contribution in [0.3, 0.4) is 0 Å². The predicted molar refractivity (Wildman–Crippen MR) is 70.7 cm³/mol. The molecular weight excluding hydrogens is 244 g/mol. The van der Waals surface area contributed by atoms with Gasteiger partial charge in [0.05, 0.1) is 19.3 Å². The molecule has 0 unspecified atom stereocenters. The van der Waals surface area contributed by atoms with E-state index >= 15 is 0 Å². The van der Waals surface area contributed by atoms with Crippen molar-refractivity contribution in [1.82, 2.24) is 10.1 Å². The zero-order valence-corrected chi connectivity index (χ0v) is 11.9. The van der Waals surface area contributed by atoms with Gasteiger partial charge in [0, 0.05) is 18.2 Å². The predicted octanol–water partition coefficient (Wildman–Crippen LogP) is 2.21. The van der Waals surface area contributed by atoms with E-state index in [0.29, 0.717) is 19.1 Å². The fourth-order valence-corrected chi connectivity index (χ4v) is 2.74. The Morgan fingerprint density at radius 1 is 1.42 bits per heavy atom. The number of hydrogen-bond donors (Lipinski definition) is 0. The molecule has 1 aliphatic carbocycles. The number of aryl methyl sites for hydroxylation is 2. The summed E-state index contributed by atoms with van der Waals surface area (Å²) in [5.74, 6) is 0.657. The first-order chi connectivity index (χ1) is 9.11. The second kappa shape index (κ2) is 6.19. The molecule has 0 amide bonds. The van der Waals surface area contributed by atoms with Crippen molar-refractivity contribution in [3.8, 4) is 0 Å². The molecule has 1 aromatic rings. The fraction of sp³-hybridized carbons (Fsp3) is 0.714. The number of hydrogen-bond acceptors (Lipinski definition) is 5. The third kappa shape index (κ3) is 3.35. The summed E-state index contributed by atoms with van der Waals surface area (Å²) < 4.78 is 10.00. The second-order valence-electron chi connectivity index (χ2n) is 5.22. The minimum Gasteiger partial charge on any atom is -0.468 e. The van der Waals surface area contributed by atoms with Crippen LogP contribution in [0, 0.1) is 13.8 Å². The highest BCUT2D eigenvalue weighted by molar-refractivity contribution is 5.71. The standard InChI is InChI=1S/C14H22N2O3/c1-10-13(11(2)19-15-10)8-16(9-14(17)18-3)12-6-4-5-7-12/h12H,4-9H2,1-3H3. The van der Waals surface area contributed by atoms with E-state index in [2.05, 4.69) is 10.1 Å². The highest BCUT2D eigenvalue weighted by Gasteiger charge is 2.26. The highest BCUT2D eigenvalue weighted by atomic mass is 16.5. The molecule has 1 heterocycles. The maximum atomic E-state index is 11.6. The van der Waals surface area contributed by atoms with Gasteiger partial charge in [-0.05, 0) is 26.7 Å². The van der Waals surface area contributed by atoms with Gasteiger partial charge in [0.1, 0.15) is 5.76 Å². The summed E-state index contributed by atoms with van der Waals surface area (Å²) in [6.07, 6.45) is 4.79. The number of rotatable bonds is 5. The summed E-state index contributed by atoms with van der Waals surface area (Å²) in [5.41, 5.74) is 2.00. The summed E-state index contributed by atoms with van der Waals surface area (Å²) in [6, 6.07) is 0.466. The van der Waals surface area contributed by atoms with Crippen LogP contribution in [-0.4, -0.2) is 35.7 Å². The molecule has 1 saturated carbocycles. The maximum Gasteiger partial charge on any atom is 0.319 e. The Bertz CT molecular complexity index is 416. The Morgan fingerprint density at radius 2 is 2.11 bits per heavy atom. The van der Waals surface area contributed by atoms with Crippen molar-refractivity contribution in [2.45, 2.75) is 52.1 Å². The molecule has 2 rings (SSSR count). The van der Waals surface area contributed by atoms with Gasteiger partial charge in [0.15, 0.2) is 0 Å². The molecule has 0 bridgehead atoms. The van der Waals surface area contributed by atoms with Crippen LogP contribution >= 0.6 is 0 Å². The first-order valence-corrected chi connectivity index (χ1v) is 6.84. The molecule has 0 radical (unpaired) electrons. The number of carbonyl (C=O) groups is 1. The molecule has 1 aromatic heterocycles. The van der Waals surface area contributed by atoms with Gasteiger partial charge in [-0.15, -0.1) is 0 Å². The van der Waals surface area contributed by atoms with Gasteiger partial charge in [0.2, 0.25) is 0 Å². The average Bonchev–Trinajstić information content (AvgIpc) is 3.02. The normalized spacial score (nSPS) is 16.2. The number of ether oxygens (including phenoxy) is 1. The zero-order valence-electron chi connectivity index (χ0n) is 11.9. The Labute approximate surface area is 113 Å². The minimum atomic E-state index is -0.182. The van der Waals surface area contributed by atoms with Crippen molar-refractivity contribution in [2.24, 2.45) is 0 Å². The van der Waals surface area contributed by atoms with Crippen LogP contribution in [0.1, 0.15) is 42.7 Å². The van der Waals surface area contributed by atoms with Crippen LogP contribution in [0.4, 0.5) is 0 Å². The van der Waals surface area contributed by atoms with Gasteiger partial charge in [-0.1, -0.05) is 18.0 Å². The molecule has 5 heteroatoms. The van der Waals surface area contributed by atoms with Crippen LogP contribution < -0.4 is 0 Å². The molecule has 5 nitrogen and oxygen atoms in total. The number of methoxy groups -OCH3 is 1. The van der Waals surface area contributed by atoms with Crippen molar-refractivity contribution >= 4 is 5.97 Å². The van der Waals surface area contributed by atoms with Crippen LogP contribution in [0.25, 0.3) is 0 Å². The summed E-state index contributed by atoms with van der Waals surface area (Å²) in [5, 5.41) is 3.98. The average molecular weight is 266 g/mol. The van der Waals surface area contributed by atoms with E-state index in [1.54, 1.807) is 0 Å². The lowest BCUT2D eigenvalue weighted by Crippen LogP contribution is -2.37. The molecule has 0 N–H and O–H groups in total. The van der Waals surface area contributed by atoms with Gasteiger partial charge in [0.25, 0.3) is 0 Å². The molecular formula is C14H22N2O3.